The highest BCUT2D eigenvalue weighted by molar-refractivity contribution is 7.26. The fourth-order valence-corrected chi connectivity index (χ4v) is 9.61. The molecule has 0 nitrogen and oxygen atoms in total. The second kappa shape index (κ2) is 12.9. The van der Waals surface area contributed by atoms with Crippen LogP contribution in [0.3, 0.4) is 0 Å². The fourth-order valence-electron chi connectivity index (χ4n) is 4.32. The molecule has 0 spiro atoms. The van der Waals surface area contributed by atoms with E-state index in [9.17, 15) is 0 Å². The van der Waals surface area contributed by atoms with Crippen molar-refractivity contribution in [2.45, 2.75) is 0 Å². The summed E-state index contributed by atoms with van der Waals surface area (Å²) in [6.07, 6.45) is 0. The Bertz CT molecular complexity index is 1930. The van der Waals surface area contributed by atoms with Gasteiger partial charge in [0, 0.05) is 56.4 Å². The highest BCUT2D eigenvalue weighted by Gasteiger charge is 1.93. The Kier molecular flexibility index (Phi) is 8.42. The molecule has 7 aromatic heterocycles. The monoisotopic (exact) mass is 648 g/mol. The highest BCUT2D eigenvalue weighted by Crippen LogP contribution is 2.26. The second-order valence-electron chi connectivity index (χ2n) is 9.45. The van der Waals surface area contributed by atoms with Crippen LogP contribution in [0.1, 0.15) is 0 Å². The lowest BCUT2D eigenvalue weighted by Crippen LogP contribution is -1.65. The van der Waals surface area contributed by atoms with E-state index >= 15 is 0 Å². The lowest BCUT2D eigenvalue weighted by Gasteiger charge is -1.94. The molecule has 0 N–H and O–H groups in total. The SMILES string of the molecule is c1cc2cc(c1)sc1ccc(cc1)sc1ccc(cc1)sc1cccc(c1)sc1ccc(cc1)sc1ccc(cc1)s2. The molecule has 0 saturated carbocycles. The molecule has 13 aromatic rings. The van der Waals surface area contributed by atoms with Crippen molar-refractivity contribution in [1.82, 2.24) is 0 Å². The van der Waals surface area contributed by atoms with Gasteiger partial charge < -0.3 is 0 Å². The van der Waals surface area contributed by atoms with Gasteiger partial charge in [0.2, 0.25) is 0 Å². The lowest BCUT2D eigenvalue weighted by molar-refractivity contribution is 1.91. The predicted octanol–water partition coefficient (Wildman–Crippen LogP) is 14.0. The average Bonchev–Trinajstić information content (AvgIpc) is 3.01. The van der Waals surface area contributed by atoms with E-state index in [2.05, 4.69) is 146 Å². The van der Waals surface area contributed by atoms with E-state index in [-0.39, 0.29) is 0 Å². The molecule has 0 fully saturated rings. The molecule has 0 aliphatic heterocycles. The van der Waals surface area contributed by atoms with Crippen molar-refractivity contribution >= 4 is 124 Å². The minimum Gasteiger partial charge on any atom is -0.137 e. The predicted molar refractivity (Wildman–Crippen MR) is 198 cm³/mol. The van der Waals surface area contributed by atoms with E-state index in [0.717, 1.165) is 0 Å². The smallest absolute Gasteiger partial charge is 0.0290 e. The number of rotatable bonds is 0. The van der Waals surface area contributed by atoms with Crippen LogP contribution in [0, 0.1) is 0 Å². The Morgan fingerprint density at radius 2 is 0.357 bits per heavy atom. The minimum atomic E-state index is 1.25. The van der Waals surface area contributed by atoms with Gasteiger partial charge in [0.1, 0.15) is 0 Å². The summed E-state index contributed by atoms with van der Waals surface area (Å²) in [6.45, 7) is 0. The highest BCUT2D eigenvalue weighted by atomic mass is 32.1. The zero-order chi connectivity index (χ0) is 28.1. The van der Waals surface area contributed by atoms with Gasteiger partial charge in [-0.15, -0.1) is 68.0 Å². The number of benzene rings is 6. The number of hydrogen-bond donors (Lipinski definition) is 0. The third kappa shape index (κ3) is 7.16. The van der Waals surface area contributed by atoms with E-state index in [1.807, 2.05) is 45.3 Å². The van der Waals surface area contributed by atoms with E-state index in [1.54, 1.807) is 22.7 Å². The van der Waals surface area contributed by atoms with E-state index in [4.69, 9.17) is 0 Å². The summed E-state index contributed by atoms with van der Waals surface area (Å²) in [7, 11) is 0. The molecular formula is C36H24S6. The van der Waals surface area contributed by atoms with Gasteiger partial charge in [-0.05, 0) is 133 Å². The van der Waals surface area contributed by atoms with Crippen LogP contribution in [-0.2, 0) is 0 Å². The summed E-state index contributed by atoms with van der Waals surface area (Å²) >= 11 is 10.8. The van der Waals surface area contributed by atoms with Gasteiger partial charge >= 0.3 is 0 Å². The Morgan fingerprint density at radius 3 is 0.548 bits per heavy atom. The van der Waals surface area contributed by atoms with E-state index in [1.165, 1.54) is 56.4 Å². The van der Waals surface area contributed by atoms with Gasteiger partial charge in [0.05, 0.1) is 0 Å². The third-order valence-electron chi connectivity index (χ3n) is 6.32. The maximum atomic E-state index is 2.28. The summed E-state index contributed by atoms with van der Waals surface area (Å²) in [5, 5.41) is 0. The Hall–Kier alpha value is -3.36. The van der Waals surface area contributed by atoms with Crippen molar-refractivity contribution in [2.24, 2.45) is 0 Å². The summed E-state index contributed by atoms with van der Waals surface area (Å²) in [5.41, 5.74) is 0. The topological polar surface area (TPSA) is 0 Å². The van der Waals surface area contributed by atoms with Gasteiger partial charge in [-0.2, -0.15) is 0 Å². The van der Waals surface area contributed by atoms with Crippen LogP contribution in [0.4, 0.5) is 0 Å². The first kappa shape index (κ1) is 27.5. The molecule has 0 atom stereocenters. The molecule has 7 heterocycles. The molecule has 42 heavy (non-hydrogen) atoms. The van der Waals surface area contributed by atoms with Gasteiger partial charge in [0.25, 0.3) is 0 Å². The first-order chi connectivity index (χ1) is 20.7. The second-order valence-corrected chi connectivity index (χ2v) is 16.3. The van der Waals surface area contributed by atoms with Crippen molar-refractivity contribution in [3.05, 3.63) is 146 Å². The normalized spacial score (nSPS) is 10.9. The summed E-state index contributed by atoms with van der Waals surface area (Å²) in [6, 6.07) is 53.2. The van der Waals surface area contributed by atoms with Crippen LogP contribution < -0.4 is 0 Å². The lowest BCUT2D eigenvalue weighted by atomic mass is 10.4. The van der Waals surface area contributed by atoms with Gasteiger partial charge in [-0.3, -0.25) is 0 Å². The minimum absolute atomic E-state index is 1.25. The Labute approximate surface area is 268 Å². The maximum Gasteiger partial charge on any atom is 0.0290 e. The van der Waals surface area contributed by atoms with Crippen molar-refractivity contribution in [1.29, 1.82) is 0 Å². The van der Waals surface area contributed by atoms with E-state index < -0.39 is 0 Å². The first-order valence-electron chi connectivity index (χ1n) is 13.4. The summed E-state index contributed by atoms with van der Waals surface area (Å²) in [5.74, 6) is 0. The molecule has 0 aliphatic rings. The molecule has 0 saturated heterocycles. The zero-order valence-corrected chi connectivity index (χ0v) is 27.2. The van der Waals surface area contributed by atoms with Crippen molar-refractivity contribution < 1.29 is 0 Å². The maximum absolute atomic E-state index is 2.28. The fraction of sp³-hybridized carbons (Fsp3) is 0. The van der Waals surface area contributed by atoms with Gasteiger partial charge in [-0.25, -0.2) is 0 Å². The average molecular weight is 649 g/mol. The van der Waals surface area contributed by atoms with Crippen LogP contribution in [-0.4, -0.2) is 0 Å². The van der Waals surface area contributed by atoms with Crippen LogP contribution in [0.25, 0.3) is 56.4 Å². The van der Waals surface area contributed by atoms with Crippen LogP contribution >= 0.6 is 68.0 Å². The molecule has 6 aromatic carbocycles. The van der Waals surface area contributed by atoms with E-state index in [0.29, 0.717) is 0 Å². The quantitative estimate of drug-likeness (QED) is 0.153. The molecule has 0 amide bonds. The molecule has 6 heteroatoms. The largest absolute Gasteiger partial charge is 0.137 e. The Morgan fingerprint density at radius 1 is 0.190 bits per heavy atom. The molecule has 204 valence electrons. The van der Waals surface area contributed by atoms with Gasteiger partial charge in [0.15, 0.2) is 0 Å². The number of hydrogen-bond acceptors (Lipinski definition) is 6. The first-order valence-corrected chi connectivity index (χ1v) is 18.3. The van der Waals surface area contributed by atoms with Crippen LogP contribution in [0.5, 0.6) is 0 Å². The third-order valence-corrected chi connectivity index (χ3v) is 12.3. The Balaban J connectivity index is 1.41. The van der Waals surface area contributed by atoms with Crippen LogP contribution in [0.15, 0.2) is 146 Å². The summed E-state index contributed by atoms with van der Waals surface area (Å²) in [4.78, 5) is 0. The van der Waals surface area contributed by atoms with Crippen LogP contribution in [0.2, 0.25) is 0 Å². The van der Waals surface area contributed by atoms with Crippen molar-refractivity contribution in [2.75, 3.05) is 0 Å². The van der Waals surface area contributed by atoms with Crippen molar-refractivity contribution in [3.8, 4) is 0 Å². The standard InChI is InChI=1S/C36H24S6/c1-3-33-23-34(4-1)40-30-17-9-26(10-18-30)38-28-13-21-32(22-14-28)42-36-6-2-5-35(24-36)41-31-19-11-27(12-20-31)37-25-7-15-29(39-33)16-8-25/h1-24H. The molecule has 13 rings (SSSR count). The molecule has 0 radical (unpaired) electrons. The molecule has 12 bridgehead atoms. The molecule has 0 aliphatic carbocycles. The van der Waals surface area contributed by atoms with Crippen molar-refractivity contribution in [3.63, 3.8) is 0 Å². The molecular weight excluding hydrogens is 625 g/mol. The molecule has 0 unspecified atom stereocenters. The zero-order valence-electron chi connectivity index (χ0n) is 22.3. The van der Waals surface area contributed by atoms with Gasteiger partial charge in [-0.1, -0.05) is 12.1 Å². The summed E-state index contributed by atoms with van der Waals surface area (Å²) < 4.78 is 15.0.